The molecule has 1 atom stereocenters. The molecule has 5 heteroatoms. The molecular formula is C16H20N2O3. The number of benzene rings is 1. The molecule has 1 unspecified atom stereocenters. The molecule has 2 rings (SSSR count). The number of hydrogen-bond donors (Lipinski definition) is 0. The molecule has 0 spiro atoms. The number of ether oxygens (including phenoxy) is 1. The van der Waals surface area contributed by atoms with Crippen LogP contribution in [0.4, 0.5) is 4.79 Å². The van der Waals surface area contributed by atoms with Crippen molar-refractivity contribution in [3.63, 3.8) is 0 Å². The van der Waals surface area contributed by atoms with Crippen LogP contribution in [0.3, 0.4) is 0 Å². The van der Waals surface area contributed by atoms with Gasteiger partial charge in [-0.2, -0.15) is 0 Å². The van der Waals surface area contributed by atoms with Gasteiger partial charge in [0.1, 0.15) is 12.6 Å². The average molecular weight is 288 g/mol. The third kappa shape index (κ3) is 3.62. The van der Waals surface area contributed by atoms with E-state index in [1.165, 1.54) is 4.90 Å². The quantitative estimate of drug-likeness (QED) is 0.797. The van der Waals surface area contributed by atoms with E-state index in [0.29, 0.717) is 19.6 Å². The lowest BCUT2D eigenvalue weighted by Gasteiger charge is -2.37. The van der Waals surface area contributed by atoms with Gasteiger partial charge in [0.25, 0.3) is 0 Å². The normalized spacial score (nSPS) is 18.5. The molecule has 0 aliphatic carbocycles. The first-order valence-electron chi connectivity index (χ1n) is 7.00. The van der Waals surface area contributed by atoms with Crippen LogP contribution in [0.1, 0.15) is 12.5 Å². The van der Waals surface area contributed by atoms with Crippen molar-refractivity contribution < 1.29 is 14.3 Å². The van der Waals surface area contributed by atoms with E-state index < -0.39 is 12.1 Å². The number of carbonyl (C=O) groups is 2. The summed E-state index contributed by atoms with van der Waals surface area (Å²) in [7, 11) is 0. The Labute approximate surface area is 124 Å². The first-order chi connectivity index (χ1) is 10.1. The summed E-state index contributed by atoms with van der Waals surface area (Å²) in [6.07, 6.45) is 1.24. The van der Waals surface area contributed by atoms with Crippen molar-refractivity contribution in [3.05, 3.63) is 48.6 Å². The fourth-order valence-corrected chi connectivity index (χ4v) is 2.32. The van der Waals surface area contributed by atoms with Gasteiger partial charge >= 0.3 is 6.09 Å². The van der Waals surface area contributed by atoms with Crippen molar-refractivity contribution in [1.82, 2.24) is 9.80 Å². The molecule has 1 aliphatic rings. The summed E-state index contributed by atoms with van der Waals surface area (Å²) < 4.78 is 5.28. The summed E-state index contributed by atoms with van der Waals surface area (Å²) in [6.45, 7) is 7.07. The van der Waals surface area contributed by atoms with Gasteiger partial charge in [-0.05, 0) is 12.5 Å². The van der Waals surface area contributed by atoms with Crippen LogP contribution in [0.5, 0.6) is 0 Å². The molecule has 1 heterocycles. The second kappa shape index (κ2) is 6.92. The number of hydrogen-bond acceptors (Lipinski definition) is 3. The molecule has 1 saturated heterocycles. The first kappa shape index (κ1) is 15.1. The van der Waals surface area contributed by atoms with Gasteiger partial charge in [0, 0.05) is 19.6 Å². The fourth-order valence-electron chi connectivity index (χ4n) is 2.32. The number of rotatable bonds is 4. The van der Waals surface area contributed by atoms with Crippen LogP contribution in [-0.4, -0.2) is 47.5 Å². The van der Waals surface area contributed by atoms with Crippen molar-refractivity contribution >= 4 is 12.0 Å². The zero-order chi connectivity index (χ0) is 15.2. The maximum Gasteiger partial charge on any atom is 0.410 e. The van der Waals surface area contributed by atoms with Crippen LogP contribution in [-0.2, 0) is 16.1 Å². The Bertz CT molecular complexity index is 516. The first-order valence-corrected chi connectivity index (χ1v) is 7.00. The number of piperazine rings is 1. The van der Waals surface area contributed by atoms with E-state index in [4.69, 9.17) is 4.74 Å². The van der Waals surface area contributed by atoms with E-state index >= 15 is 0 Å². The molecule has 1 fully saturated rings. The third-order valence-electron chi connectivity index (χ3n) is 3.54. The SMILES string of the molecule is C=CCN1CCN(C(=O)OCc2ccccc2)C(C)C1=O. The highest BCUT2D eigenvalue weighted by molar-refractivity contribution is 5.86. The summed E-state index contributed by atoms with van der Waals surface area (Å²) in [5, 5.41) is 0. The standard InChI is InChI=1S/C16H20N2O3/c1-3-9-17-10-11-18(13(2)15(17)19)16(20)21-12-14-7-5-4-6-8-14/h3-8,13H,1,9-12H2,2H3. The van der Waals surface area contributed by atoms with Crippen molar-refractivity contribution in [3.8, 4) is 0 Å². The minimum Gasteiger partial charge on any atom is -0.445 e. The van der Waals surface area contributed by atoms with Crippen LogP contribution < -0.4 is 0 Å². The highest BCUT2D eigenvalue weighted by Gasteiger charge is 2.34. The van der Waals surface area contributed by atoms with Crippen LogP contribution in [0.25, 0.3) is 0 Å². The second-order valence-corrected chi connectivity index (χ2v) is 4.98. The molecular weight excluding hydrogens is 268 g/mol. The molecule has 112 valence electrons. The molecule has 0 saturated carbocycles. The summed E-state index contributed by atoms with van der Waals surface area (Å²) >= 11 is 0. The molecule has 1 aromatic rings. The zero-order valence-corrected chi connectivity index (χ0v) is 12.2. The molecule has 2 amide bonds. The van der Waals surface area contributed by atoms with Gasteiger partial charge in [0.15, 0.2) is 0 Å². The molecule has 0 aromatic heterocycles. The molecule has 5 nitrogen and oxygen atoms in total. The maximum absolute atomic E-state index is 12.1. The van der Waals surface area contributed by atoms with E-state index in [1.807, 2.05) is 30.3 Å². The van der Waals surface area contributed by atoms with Gasteiger partial charge in [-0.25, -0.2) is 4.79 Å². The lowest BCUT2D eigenvalue weighted by Crippen LogP contribution is -2.57. The van der Waals surface area contributed by atoms with E-state index in [0.717, 1.165) is 5.56 Å². The van der Waals surface area contributed by atoms with Crippen LogP contribution in [0.2, 0.25) is 0 Å². The monoisotopic (exact) mass is 288 g/mol. The largest absolute Gasteiger partial charge is 0.445 e. The predicted molar refractivity (Wildman–Crippen MR) is 79.6 cm³/mol. The minimum atomic E-state index is -0.498. The van der Waals surface area contributed by atoms with Crippen molar-refractivity contribution in [2.24, 2.45) is 0 Å². The van der Waals surface area contributed by atoms with Gasteiger partial charge in [-0.1, -0.05) is 36.4 Å². The molecule has 21 heavy (non-hydrogen) atoms. The Balaban J connectivity index is 1.91. The molecule has 0 N–H and O–H groups in total. The van der Waals surface area contributed by atoms with E-state index in [1.54, 1.807) is 17.9 Å². The Kier molecular flexibility index (Phi) is 4.98. The highest BCUT2D eigenvalue weighted by atomic mass is 16.6. The van der Waals surface area contributed by atoms with Gasteiger partial charge in [-0.15, -0.1) is 6.58 Å². The summed E-state index contributed by atoms with van der Waals surface area (Å²) in [6, 6.07) is 8.98. The van der Waals surface area contributed by atoms with Crippen molar-refractivity contribution in [2.45, 2.75) is 19.6 Å². The smallest absolute Gasteiger partial charge is 0.410 e. The van der Waals surface area contributed by atoms with Crippen LogP contribution in [0.15, 0.2) is 43.0 Å². The molecule has 1 aliphatic heterocycles. The Morgan fingerprint density at radius 1 is 1.38 bits per heavy atom. The van der Waals surface area contributed by atoms with Gasteiger partial charge in [0.2, 0.25) is 5.91 Å². The van der Waals surface area contributed by atoms with Crippen LogP contribution in [0, 0.1) is 0 Å². The lowest BCUT2D eigenvalue weighted by molar-refractivity contribution is -0.139. The maximum atomic E-state index is 12.1. The summed E-state index contributed by atoms with van der Waals surface area (Å²) in [5.41, 5.74) is 0.926. The number of carbonyl (C=O) groups excluding carboxylic acids is 2. The Hall–Kier alpha value is -2.30. The molecule has 1 aromatic carbocycles. The number of nitrogens with zero attached hydrogens (tertiary/aromatic N) is 2. The van der Waals surface area contributed by atoms with Crippen LogP contribution >= 0.6 is 0 Å². The zero-order valence-electron chi connectivity index (χ0n) is 12.2. The number of amides is 2. The van der Waals surface area contributed by atoms with Gasteiger partial charge < -0.3 is 9.64 Å². The molecule has 0 bridgehead atoms. The van der Waals surface area contributed by atoms with E-state index in [-0.39, 0.29) is 12.5 Å². The van der Waals surface area contributed by atoms with Gasteiger partial charge in [0.05, 0.1) is 0 Å². The Morgan fingerprint density at radius 3 is 2.76 bits per heavy atom. The second-order valence-electron chi connectivity index (χ2n) is 4.98. The van der Waals surface area contributed by atoms with Crippen molar-refractivity contribution in [1.29, 1.82) is 0 Å². The fraction of sp³-hybridized carbons (Fsp3) is 0.375. The summed E-state index contributed by atoms with van der Waals surface area (Å²) in [5.74, 6) is -0.0715. The predicted octanol–water partition coefficient (Wildman–Crippen LogP) is 2.04. The minimum absolute atomic E-state index is 0.0715. The summed E-state index contributed by atoms with van der Waals surface area (Å²) in [4.78, 5) is 27.4. The van der Waals surface area contributed by atoms with E-state index in [9.17, 15) is 9.59 Å². The Morgan fingerprint density at radius 2 is 2.10 bits per heavy atom. The molecule has 0 radical (unpaired) electrons. The highest BCUT2D eigenvalue weighted by Crippen LogP contribution is 2.13. The topological polar surface area (TPSA) is 49.9 Å². The third-order valence-corrected chi connectivity index (χ3v) is 3.54. The van der Waals surface area contributed by atoms with Crippen molar-refractivity contribution in [2.75, 3.05) is 19.6 Å². The lowest BCUT2D eigenvalue weighted by atomic mass is 10.2. The average Bonchev–Trinajstić information content (AvgIpc) is 2.51. The van der Waals surface area contributed by atoms with Gasteiger partial charge in [-0.3, -0.25) is 9.69 Å². The van der Waals surface area contributed by atoms with E-state index in [2.05, 4.69) is 6.58 Å².